The molecule has 1 amide bonds. The third-order valence-electron chi connectivity index (χ3n) is 5.23. The minimum absolute atomic E-state index is 0.0692. The Morgan fingerprint density at radius 3 is 2.11 bits per heavy atom. The molecule has 35 heavy (non-hydrogen) atoms. The molecule has 0 bridgehead atoms. The number of amides is 1. The van der Waals surface area contributed by atoms with E-state index in [0.29, 0.717) is 42.2 Å². The lowest BCUT2D eigenvalue weighted by Gasteiger charge is -2.15. The number of nitrogens with zero attached hydrogens (tertiary/aromatic N) is 1. The number of hydrogen-bond acceptors (Lipinski definition) is 6. The number of benzene rings is 3. The lowest BCUT2D eigenvalue weighted by Crippen LogP contribution is -2.29. The van der Waals surface area contributed by atoms with Crippen molar-refractivity contribution >= 4 is 17.8 Å². The van der Waals surface area contributed by atoms with Crippen LogP contribution in [-0.4, -0.2) is 54.7 Å². The van der Waals surface area contributed by atoms with Crippen LogP contribution >= 0.6 is 0 Å². The average molecular weight is 478 g/mol. The topological polar surface area (TPSA) is 102 Å². The first-order valence-electron chi connectivity index (χ1n) is 11.0. The van der Waals surface area contributed by atoms with Crippen LogP contribution in [-0.2, 0) is 16.1 Å². The van der Waals surface area contributed by atoms with Crippen LogP contribution in [0.4, 0.5) is 0 Å². The zero-order chi connectivity index (χ0) is 25.2. The number of likely N-dealkylation sites (tertiary alicyclic amines) is 1. The Labute approximate surface area is 203 Å². The standard InChI is InChI=1S/C20H21NO5.C7H6O2/c1-21-9-8-18(19(21)22)26-17-11-15(20(23)24-2)10-16(12-17)25-13-14-6-4-3-5-7-14;8-7(9)6-4-2-1-3-5-6/h3-7,10-12,18H,8-9,13H2,1-2H3;1-5H,(H,8,9). The molecule has 1 aliphatic rings. The minimum Gasteiger partial charge on any atom is -0.489 e. The molecule has 1 heterocycles. The van der Waals surface area contributed by atoms with Gasteiger partial charge in [0.2, 0.25) is 0 Å². The molecule has 1 atom stereocenters. The maximum atomic E-state index is 12.1. The fourth-order valence-corrected chi connectivity index (χ4v) is 3.34. The van der Waals surface area contributed by atoms with Crippen molar-refractivity contribution in [3.63, 3.8) is 0 Å². The summed E-state index contributed by atoms with van der Waals surface area (Å²) in [4.78, 5) is 35.8. The van der Waals surface area contributed by atoms with E-state index in [-0.39, 0.29) is 5.91 Å². The fraction of sp³-hybridized carbons (Fsp3) is 0.222. The molecule has 1 saturated heterocycles. The summed E-state index contributed by atoms with van der Waals surface area (Å²) in [5.41, 5.74) is 1.65. The summed E-state index contributed by atoms with van der Waals surface area (Å²) in [5, 5.41) is 8.38. The highest BCUT2D eigenvalue weighted by Gasteiger charge is 2.31. The molecule has 182 valence electrons. The van der Waals surface area contributed by atoms with Gasteiger partial charge in [-0.25, -0.2) is 9.59 Å². The second-order valence-electron chi connectivity index (χ2n) is 7.79. The number of carboxylic acid groups (broad SMARTS) is 1. The van der Waals surface area contributed by atoms with E-state index in [0.717, 1.165) is 5.56 Å². The lowest BCUT2D eigenvalue weighted by molar-refractivity contribution is -0.132. The van der Waals surface area contributed by atoms with Crippen LogP contribution in [0.2, 0.25) is 0 Å². The van der Waals surface area contributed by atoms with Crippen molar-refractivity contribution in [3.8, 4) is 11.5 Å². The van der Waals surface area contributed by atoms with E-state index in [1.807, 2.05) is 30.3 Å². The molecule has 1 N–H and O–H groups in total. The Morgan fingerprint density at radius 2 is 1.57 bits per heavy atom. The van der Waals surface area contributed by atoms with Gasteiger partial charge in [-0.1, -0.05) is 48.5 Å². The number of esters is 1. The molecule has 8 nitrogen and oxygen atoms in total. The summed E-state index contributed by atoms with van der Waals surface area (Å²) < 4.78 is 16.4. The first-order valence-corrected chi connectivity index (χ1v) is 11.0. The third kappa shape index (κ3) is 7.33. The summed E-state index contributed by atoms with van der Waals surface area (Å²) in [5.74, 6) is -0.555. The van der Waals surface area contributed by atoms with E-state index in [1.54, 1.807) is 60.5 Å². The monoisotopic (exact) mass is 477 g/mol. The Balaban J connectivity index is 0.000000320. The van der Waals surface area contributed by atoms with E-state index in [1.165, 1.54) is 7.11 Å². The van der Waals surface area contributed by atoms with Crippen LogP contribution in [0.15, 0.2) is 78.9 Å². The second-order valence-corrected chi connectivity index (χ2v) is 7.79. The normalized spacial score (nSPS) is 14.5. The Bertz CT molecular complexity index is 1150. The van der Waals surface area contributed by atoms with Gasteiger partial charge < -0.3 is 24.2 Å². The second kappa shape index (κ2) is 12.2. The first-order chi connectivity index (χ1) is 16.9. The van der Waals surface area contributed by atoms with Crippen molar-refractivity contribution in [2.45, 2.75) is 19.1 Å². The number of carbonyl (C=O) groups excluding carboxylic acids is 2. The van der Waals surface area contributed by atoms with Gasteiger partial charge >= 0.3 is 11.9 Å². The minimum atomic E-state index is -0.879. The van der Waals surface area contributed by atoms with Crippen molar-refractivity contribution in [1.29, 1.82) is 0 Å². The van der Waals surface area contributed by atoms with Gasteiger partial charge in [-0.3, -0.25) is 4.79 Å². The molecule has 0 aromatic heterocycles. The Morgan fingerprint density at radius 1 is 0.943 bits per heavy atom. The van der Waals surface area contributed by atoms with Gasteiger partial charge in [-0.05, 0) is 29.8 Å². The smallest absolute Gasteiger partial charge is 0.338 e. The van der Waals surface area contributed by atoms with Crippen LogP contribution in [0, 0.1) is 0 Å². The van der Waals surface area contributed by atoms with Crippen molar-refractivity contribution < 1.29 is 33.7 Å². The molecule has 0 spiro atoms. The lowest BCUT2D eigenvalue weighted by atomic mass is 10.2. The van der Waals surface area contributed by atoms with Gasteiger partial charge in [0.25, 0.3) is 5.91 Å². The molecule has 1 unspecified atom stereocenters. The molecule has 8 heteroatoms. The molecule has 3 aromatic rings. The Hall–Kier alpha value is -4.33. The fourth-order valence-electron chi connectivity index (χ4n) is 3.34. The van der Waals surface area contributed by atoms with Crippen LogP contribution in [0.3, 0.4) is 0 Å². The highest BCUT2D eigenvalue weighted by molar-refractivity contribution is 5.90. The van der Waals surface area contributed by atoms with Gasteiger partial charge in [0.15, 0.2) is 6.10 Å². The SMILES string of the molecule is COC(=O)c1cc(OCc2ccccc2)cc(OC2CCN(C)C2=O)c1.O=C(O)c1ccccc1. The summed E-state index contributed by atoms with van der Waals surface area (Å²) >= 11 is 0. The Kier molecular flexibility index (Phi) is 8.83. The molecule has 1 fully saturated rings. The molecular weight excluding hydrogens is 450 g/mol. The first kappa shape index (κ1) is 25.3. The van der Waals surface area contributed by atoms with Gasteiger partial charge in [-0.2, -0.15) is 0 Å². The van der Waals surface area contributed by atoms with E-state index in [9.17, 15) is 14.4 Å². The number of likely N-dealkylation sites (N-methyl/N-ethyl adjacent to an activating group) is 1. The maximum absolute atomic E-state index is 12.1. The van der Waals surface area contributed by atoms with Crippen LogP contribution < -0.4 is 9.47 Å². The van der Waals surface area contributed by atoms with Crippen molar-refractivity contribution in [1.82, 2.24) is 4.90 Å². The molecule has 0 saturated carbocycles. The highest BCUT2D eigenvalue weighted by Crippen LogP contribution is 2.27. The van der Waals surface area contributed by atoms with Crippen molar-refractivity contribution in [2.75, 3.05) is 20.7 Å². The number of rotatable bonds is 7. The molecule has 0 aliphatic carbocycles. The predicted molar refractivity (Wildman–Crippen MR) is 129 cm³/mol. The summed E-state index contributed by atoms with van der Waals surface area (Å²) in [6.07, 6.45) is 0.0627. The van der Waals surface area contributed by atoms with E-state index in [2.05, 4.69) is 0 Å². The van der Waals surface area contributed by atoms with Crippen molar-refractivity contribution in [2.24, 2.45) is 0 Å². The zero-order valence-electron chi connectivity index (χ0n) is 19.5. The average Bonchev–Trinajstić information content (AvgIpc) is 3.20. The van der Waals surface area contributed by atoms with E-state index < -0.39 is 18.0 Å². The summed E-state index contributed by atoms with van der Waals surface area (Å²) in [6.45, 7) is 1.01. The number of carboxylic acids is 1. The number of hydrogen-bond donors (Lipinski definition) is 1. The predicted octanol–water partition coefficient (Wildman–Crippen LogP) is 4.05. The van der Waals surface area contributed by atoms with E-state index in [4.69, 9.17) is 19.3 Å². The molecule has 1 aliphatic heterocycles. The number of aromatic carboxylic acids is 1. The quantitative estimate of drug-likeness (QED) is 0.512. The van der Waals surface area contributed by atoms with Crippen LogP contribution in [0.5, 0.6) is 11.5 Å². The van der Waals surface area contributed by atoms with E-state index >= 15 is 0 Å². The maximum Gasteiger partial charge on any atom is 0.338 e. The van der Waals surface area contributed by atoms with Gasteiger partial charge in [0.05, 0.1) is 18.2 Å². The third-order valence-corrected chi connectivity index (χ3v) is 5.23. The molecule has 4 rings (SSSR count). The molecule has 0 radical (unpaired) electrons. The molecular formula is C27H27NO7. The number of carbonyl (C=O) groups is 3. The summed E-state index contributed by atoms with van der Waals surface area (Å²) in [7, 11) is 3.06. The van der Waals surface area contributed by atoms with Crippen LogP contribution in [0.1, 0.15) is 32.7 Å². The summed E-state index contributed by atoms with van der Waals surface area (Å²) in [6, 6.07) is 22.8. The molecule has 3 aromatic carbocycles. The van der Waals surface area contributed by atoms with Crippen LogP contribution in [0.25, 0.3) is 0 Å². The van der Waals surface area contributed by atoms with Crippen molar-refractivity contribution in [3.05, 3.63) is 95.6 Å². The highest BCUT2D eigenvalue weighted by atomic mass is 16.5. The van der Waals surface area contributed by atoms with Gasteiger partial charge in [0, 0.05) is 26.1 Å². The number of ether oxygens (including phenoxy) is 3. The number of methoxy groups -OCH3 is 1. The van der Waals surface area contributed by atoms with Gasteiger partial charge in [-0.15, -0.1) is 0 Å². The zero-order valence-corrected chi connectivity index (χ0v) is 19.5. The van der Waals surface area contributed by atoms with Gasteiger partial charge in [0.1, 0.15) is 18.1 Å². The largest absolute Gasteiger partial charge is 0.489 e.